The highest BCUT2D eigenvalue weighted by Gasteiger charge is 2.37. The minimum absolute atomic E-state index is 0.179. The van der Waals surface area contributed by atoms with Crippen molar-refractivity contribution in [1.82, 2.24) is 10.2 Å². The molecular formula is C18H27N3O4S. The summed E-state index contributed by atoms with van der Waals surface area (Å²) in [6.45, 7) is 0.836. The van der Waals surface area contributed by atoms with E-state index in [1.54, 1.807) is 11.3 Å². The summed E-state index contributed by atoms with van der Waals surface area (Å²) in [5.74, 6) is -1.48. The van der Waals surface area contributed by atoms with Crippen molar-refractivity contribution >= 4 is 29.1 Å². The first-order valence-corrected chi connectivity index (χ1v) is 10.0. The van der Waals surface area contributed by atoms with Crippen molar-refractivity contribution in [2.45, 2.75) is 57.0 Å². The van der Waals surface area contributed by atoms with Crippen LogP contribution in [0.4, 0.5) is 0 Å². The van der Waals surface area contributed by atoms with Gasteiger partial charge in [-0.3, -0.25) is 9.59 Å². The quantitative estimate of drug-likeness (QED) is 0.567. The molecule has 8 heteroatoms. The van der Waals surface area contributed by atoms with Gasteiger partial charge in [0, 0.05) is 13.0 Å². The summed E-state index contributed by atoms with van der Waals surface area (Å²) in [6.07, 6.45) is 4.02. The molecule has 0 saturated carbocycles. The predicted octanol–water partition coefficient (Wildman–Crippen LogP) is 1.37. The van der Waals surface area contributed by atoms with E-state index in [1.807, 2.05) is 11.4 Å². The number of aryl methyl sites for hydroxylation is 1. The summed E-state index contributed by atoms with van der Waals surface area (Å²) in [5.41, 5.74) is 6.75. The summed E-state index contributed by atoms with van der Waals surface area (Å²) < 4.78 is 0. The third-order valence-corrected chi connectivity index (χ3v) is 5.33. The summed E-state index contributed by atoms with van der Waals surface area (Å²) >= 11 is 1.63. The lowest BCUT2D eigenvalue weighted by molar-refractivity contribution is -0.149. The molecule has 0 bridgehead atoms. The number of aliphatic carboxylic acids is 1. The topological polar surface area (TPSA) is 113 Å². The highest BCUT2D eigenvalue weighted by molar-refractivity contribution is 7.07. The average Bonchev–Trinajstić information content (AvgIpc) is 3.29. The monoisotopic (exact) mass is 381 g/mol. The van der Waals surface area contributed by atoms with Crippen LogP contribution in [0.5, 0.6) is 0 Å². The smallest absolute Gasteiger partial charge is 0.326 e. The molecule has 2 heterocycles. The van der Waals surface area contributed by atoms with E-state index in [1.165, 1.54) is 10.5 Å². The van der Waals surface area contributed by atoms with E-state index in [0.717, 1.165) is 6.42 Å². The molecule has 1 aromatic rings. The van der Waals surface area contributed by atoms with Gasteiger partial charge in [-0.25, -0.2) is 4.79 Å². The van der Waals surface area contributed by atoms with Gasteiger partial charge >= 0.3 is 5.97 Å². The summed E-state index contributed by atoms with van der Waals surface area (Å²) in [6, 6.07) is 0.542. The van der Waals surface area contributed by atoms with Crippen LogP contribution in [0.15, 0.2) is 16.8 Å². The number of hydrogen-bond donors (Lipinski definition) is 3. The third kappa shape index (κ3) is 5.81. The fourth-order valence-corrected chi connectivity index (χ4v) is 3.92. The molecule has 1 aromatic heterocycles. The van der Waals surface area contributed by atoms with Crippen LogP contribution >= 0.6 is 11.3 Å². The average molecular weight is 381 g/mol. The van der Waals surface area contributed by atoms with Crippen molar-refractivity contribution in [2.75, 3.05) is 13.1 Å². The SMILES string of the molecule is NCCC[C@H](NC(=O)CCCc1ccsc1)C(=O)N1CCC[C@H]1C(=O)O. The van der Waals surface area contributed by atoms with E-state index in [0.29, 0.717) is 51.6 Å². The van der Waals surface area contributed by atoms with Gasteiger partial charge in [-0.2, -0.15) is 11.3 Å². The lowest BCUT2D eigenvalue weighted by Crippen LogP contribution is -2.51. The van der Waals surface area contributed by atoms with Crippen LogP contribution in [0.3, 0.4) is 0 Å². The van der Waals surface area contributed by atoms with Crippen LogP contribution in [0.25, 0.3) is 0 Å². The maximum absolute atomic E-state index is 12.8. The Morgan fingerprint density at radius 2 is 2.19 bits per heavy atom. The predicted molar refractivity (Wildman–Crippen MR) is 99.8 cm³/mol. The Morgan fingerprint density at radius 1 is 1.38 bits per heavy atom. The van der Waals surface area contributed by atoms with Gasteiger partial charge in [-0.15, -0.1) is 0 Å². The molecule has 1 saturated heterocycles. The molecule has 0 aromatic carbocycles. The highest BCUT2D eigenvalue weighted by Crippen LogP contribution is 2.19. The zero-order valence-electron chi connectivity index (χ0n) is 14.9. The Kier molecular flexibility index (Phi) is 8.06. The van der Waals surface area contributed by atoms with E-state index >= 15 is 0 Å². The van der Waals surface area contributed by atoms with E-state index in [4.69, 9.17) is 5.73 Å². The fourth-order valence-electron chi connectivity index (χ4n) is 3.22. The number of nitrogens with two attached hydrogens (primary N) is 1. The Labute approximate surface area is 157 Å². The molecule has 26 heavy (non-hydrogen) atoms. The molecule has 0 spiro atoms. The second kappa shape index (κ2) is 10.3. The number of amides is 2. The van der Waals surface area contributed by atoms with Gasteiger partial charge in [-0.05, 0) is 67.5 Å². The molecule has 7 nitrogen and oxygen atoms in total. The van der Waals surface area contributed by atoms with Crippen molar-refractivity contribution in [3.05, 3.63) is 22.4 Å². The molecule has 2 amide bonds. The molecule has 4 N–H and O–H groups in total. The Hall–Kier alpha value is -1.93. The standard InChI is InChI=1S/C18H27N3O4S/c19-9-2-5-14(17(23)21-10-3-6-15(21)18(24)25)20-16(22)7-1-4-13-8-11-26-12-13/h8,11-12,14-15H,1-7,9-10,19H2,(H,20,22)(H,24,25)/t14-,15-/m0/s1. The molecule has 0 aliphatic carbocycles. The van der Waals surface area contributed by atoms with Crippen LogP contribution in [0.2, 0.25) is 0 Å². The minimum atomic E-state index is -0.990. The van der Waals surface area contributed by atoms with Gasteiger partial charge in [0.2, 0.25) is 11.8 Å². The second-order valence-electron chi connectivity index (χ2n) is 6.56. The van der Waals surface area contributed by atoms with Crippen molar-refractivity contribution in [2.24, 2.45) is 5.73 Å². The van der Waals surface area contributed by atoms with Gasteiger partial charge < -0.3 is 21.1 Å². The summed E-state index contributed by atoms with van der Waals surface area (Å²) in [7, 11) is 0. The van der Waals surface area contributed by atoms with E-state index in [2.05, 4.69) is 10.7 Å². The second-order valence-corrected chi connectivity index (χ2v) is 7.34. The first kappa shape index (κ1) is 20.4. The molecule has 2 rings (SSSR count). The van der Waals surface area contributed by atoms with Crippen molar-refractivity contribution in [3.8, 4) is 0 Å². The number of carboxylic acid groups (broad SMARTS) is 1. The Bertz CT molecular complexity index is 606. The van der Waals surface area contributed by atoms with E-state index in [-0.39, 0.29) is 11.8 Å². The van der Waals surface area contributed by atoms with Gasteiger partial charge in [0.25, 0.3) is 0 Å². The summed E-state index contributed by atoms with van der Waals surface area (Å²) in [5, 5.41) is 16.1. The number of thiophene rings is 1. The van der Waals surface area contributed by atoms with Crippen molar-refractivity contribution in [1.29, 1.82) is 0 Å². The zero-order chi connectivity index (χ0) is 18.9. The zero-order valence-corrected chi connectivity index (χ0v) is 15.7. The maximum atomic E-state index is 12.8. The highest BCUT2D eigenvalue weighted by atomic mass is 32.1. The lowest BCUT2D eigenvalue weighted by atomic mass is 10.1. The normalized spacial score (nSPS) is 17.9. The molecule has 1 aliphatic rings. The van der Waals surface area contributed by atoms with E-state index in [9.17, 15) is 19.5 Å². The van der Waals surface area contributed by atoms with Crippen LogP contribution in [-0.4, -0.2) is 53.0 Å². The molecule has 2 atom stereocenters. The Morgan fingerprint density at radius 3 is 2.85 bits per heavy atom. The van der Waals surface area contributed by atoms with Gasteiger partial charge in [0.15, 0.2) is 0 Å². The number of hydrogen-bond acceptors (Lipinski definition) is 5. The molecule has 0 unspecified atom stereocenters. The van der Waals surface area contributed by atoms with Crippen LogP contribution in [-0.2, 0) is 20.8 Å². The van der Waals surface area contributed by atoms with Gasteiger partial charge in [0.1, 0.15) is 12.1 Å². The number of carbonyl (C=O) groups is 3. The third-order valence-electron chi connectivity index (χ3n) is 4.60. The Balaban J connectivity index is 1.89. The van der Waals surface area contributed by atoms with E-state index < -0.39 is 18.1 Å². The number of nitrogens with zero attached hydrogens (tertiary/aromatic N) is 1. The number of rotatable bonds is 10. The van der Waals surface area contributed by atoms with Gasteiger partial charge in [0.05, 0.1) is 0 Å². The molecule has 1 aliphatic heterocycles. The minimum Gasteiger partial charge on any atom is -0.480 e. The molecular weight excluding hydrogens is 354 g/mol. The number of carboxylic acids is 1. The van der Waals surface area contributed by atoms with Crippen LogP contribution in [0.1, 0.15) is 44.1 Å². The van der Waals surface area contributed by atoms with Crippen molar-refractivity contribution in [3.63, 3.8) is 0 Å². The largest absolute Gasteiger partial charge is 0.480 e. The van der Waals surface area contributed by atoms with Crippen LogP contribution < -0.4 is 11.1 Å². The fraction of sp³-hybridized carbons (Fsp3) is 0.611. The summed E-state index contributed by atoms with van der Waals surface area (Å²) in [4.78, 5) is 37.7. The van der Waals surface area contributed by atoms with Crippen molar-refractivity contribution < 1.29 is 19.5 Å². The molecule has 0 radical (unpaired) electrons. The van der Waals surface area contributed by atoms with Gasteiger partial charge in [-0.1, -0.05) is 0 Å². The lowest BCUT2D eigenvalue weighted by Gasteiger charge is -2.27. The molecule has 1 fully saturated rings. The first-order chi connectivity index (χ1) is 12.5. The van der Waals surface area contributed by atoms with Crippen LogP contribution in [0, 0.1) is 0 Å². The maximum Gasteiger partial charge on any atom is 0.326 e. The first-order valence-electron chi connectivity index (χ1n) is 9.06. The number of nitrogens with one attached hydrogen (secondary N) is 1. The number of likely N-dealkylation sites (tertiary alicyclic amines) is 1. The number of carbonyl (C=O) groups excluding carboxylic acids is 2. The molecule has 144 valence electrons.